The summed E-state index contributed by atoms with van der Waals surface area (Å²) < 4.78 is 0. The normalized spacial score (nSPS) is 24.6. The molecule has 2 atom stereocenters. The highest BCUT2D eigenvalue weighted by atomic mass is 16.2. The fourth-order valence-corrected chi connectivity index (χ4v) is 7.46. The van der Waals surface area contributed by atoms with Crippen LogP contribution in [0.15, 0.2) is 36.7 Å². The largest absolute Gasteiger partial charge is 0.342 e. The van der Waals surface area contributed by atoms with Gasteiger partial charge < -0.3 is 9.80 Å². The van der Waals surface area contributed by atoms with Crippen molar-refractivity contribution in [2.45, 2.75) is 77.4 Å². The van der Waals surface area contributed by atoms with Crippen molar-refractivity contribution in [2.24, 2.45) is 11.8 Å². The van der Waals surface area contributed by atoms with Crippen LogP contribution in [0.4, 0.5) is 0 Å². The Morgan fingerprint density at radius 1 is 0.927 bits per heavy atom. The smallest absolute Gasteiger partial charge is 0.257 e. The van der Waals surface area contributed by atoms with Crippen LogP contribution >= 0.6 is 0 Å². The Morgan fingerprint density at radius 2 is 1.59 bits per heavy atom. The van der Waals surface area contributed by atoms with Gasteiger partial charge in [-0.1, -0.05) is 30.3 Å². The number of hydrogen-bond donors (Lipinski definition) is 0. The van der Waals surface area contributed by atoms with Crippen molar-refractivity contribution < 1.29 is 9.59 Å². The number of nitrogens with zero attached hydrogens (tertiary/aromatic N) is 6. The molecule has 1 saturated carbocycles. The minimum absolute atomic E-state index is 0.0688. The average Bonchev–Trinajstić information content (AvgIpc) is 3.78. The van der Waals surface area contributed by atoms with E-state index in [-0.39, 0.29) is 11.4 Å². The van der Waals surface area contributed by atoms with Crippen molar-refractivity contribution in [1.82, 2.24) is 29.6 Å². The predicted octanol–water partition coefficient (Wildman–Crippen LogP) is 3.57. The second kappa shape index (κ2) is 11.4. The van der Waals surface area contributed by atoms with E-state index < -0.39 is 0 Å². The van der Waals surface area contributed by atoms with E-state index in [2.05, 4.69) is 68.8 Å². The van der Waals surface area contributed by atoms with Gasteiger partial charge in [0.1, 0.15) is 6.33 Å². The number of aromatic nitrogens is 2. The van der Waals surface area contributed by atoms with Gasteiger partial charge in [0.05, 0.1) is 17.0 Å². The molecule has 3 aliphatic heterocycles. The van der Waals surface area contributed by atoms with E-state index in [1.165, 1.54) is 11.9 Å². The Balaban J connectivity index is 1.09. The van der Waals surface area contributed by atoms with E-state index in [4.69, 9.17) is 0 Å². The van der Waals surface area contributed by atoms with Gasteiger partial charge in [-0.3, -0.25) is 19.4 Å². The summed E-state index contributed by atoms with van der Waals surface area (Å²) >= 11 is 0. The summed E-state index contributed by atoms with van der Waals surface area (Å²) in [5.41, 5.74) is 3.66. The lowest BCUT2D eigenvalue weighted by molar-refractivity contribution is -0.142. The number of piperidine rings is 1. The molecule has 0 radical (unpaired) electrons. The van der Waals surface area contributed by atoms with Crippen molar-refractivity contribution in [1.29, 1.82) is 0 Å². The van der Waals surface area contributed by atoms with Gasteiger partial charge in [0.25, 0.3) is 5.91 Å². The highest BCUT2D eigenvalue weighted by Crippen LogP contribution is 2.37. The topological polar surface area (TPSA) is 72.9 Å². The summed E-state index contributed by atoms with van der Waals surface area (Å²) in [5.74, 6) is 1.30. The van der Waals surface area contributed by atoms with Gasteiger partial charge in [0.15, 0.2) is 0 Å². The molecule has 1 unspecified atom stereocenters. The molecule has 6 rings (SSSR count). The lowest BCUT2D eigenvalue weighted by Crippen LogP contribution is -2.66. The molecule has 4 heterocycles. The lowest BCUT2D eigenvalue weighted by Gasteiger charge is -2.55. The molecule has 0 N–H and O–H groups in total. The van der Waals surface area contributed by atoms with E-state index in [1.807, 2.05) is 18.7 Å². The summed E-state index contributed by atoms with van der Waals surface area (Å²) in [5, 5.41) is 0. The van der Waals surface area contributed by atoms with Gasteiger partial charge in [-0.05, 0) is 65.4 Å². The number of hydrogen-bond acceptors (Lipinski definition) is 6. The molecule has 41 heavy (non-hydrogen) atoms. The minimum atomic E-state index is 0.0688. The number of carbonyl (C=O) groups is 2. The molecule has 220 valence electrons. The number of aryl methyl sites for hydroxylation is 2. The summed E-state index contributed by atoms with van der Waals surface area (Å²) in [6.45, 7) is 15.1. The fourth-order valence-electron chi connectivity index (χ4n) is 7.46. The van der Waals surface area contributed by atoms with Crippen LogP contribution in [-0.4, -0.2) is 105 Å². The number of benzene rings is 1. The minimum Gasteiger partial charge on any atom is -0.342 e. The predicted molar refractivity (Wildman–Crippen MR) is 160 cm³/mol. The summed E-state index contributed by atoms with van der Waals surface area (Å²) in [7, 11) is 0. The maximum Gasteiger partial charge on any atom is 0.257 e. The van der Waals surface area contributed by atoms with Gasteiger partial charge >= 0.3 is 0 Å². The molecule has 0 spiro atoms. The van der Waals surface area contributed by atoms with Gasteiger partial charge in [0.2, 0.25) is 5.91 Å². The summed E-state index contributed by atoms with van der Waals surface area (Å²) in [4.78, 5) is 44.1. The first-order valence-electron chi connectivity index (χ1n) is 15.6. The quantitative estimate of drug-likeness (QED) is 0.518. The molecule has 0 bridgehead atoms. The zero-order valence-electron chi connectivity index (χ0n) is 25.3. The molecule has 2 amide bonds. The van der Waals surface area contributed by atoms with Crippen molar-refractivity contribution in [2.75, 3.05) is 45.8 Å². The van der Waals surface area contributed by atoms with Gasteiger partial charge in [-0.15, -0.1) is 0 Å². The zero-order valence-corrected chi connectivity index (χ0v) is 25.3. The van der Waals surface area contributed by atoms with Gasteiger partial charge in [-0.25, -0.2) is 9.97 Å². The second-order valence-corrected chi connectivity index (χ2v) is 13.3. The lowest BCUT2D eigenvalue weighted by atomic mass is 9.83. The van der Waals surface area contributed by atoms with Crippen LogP contribution in [0.2, 0.25) is 0 Å². The Morgan fingerprint density at radius 3 is 2.20 bits per heavy atom. The van der Waals surface area contributed by atoms with Crippen LogP contribution in [-0.2, 0) is 11.2 Å². The van der Waals surface area contributed by atoms with E-state index in [0.29, 0.717) is 35.4 Å². The third-order valence-electron chi connectivity index (χ3n) is 10.4. The van der Waals surface area contributed by atoms with Crippen LogP contribution < -0.4 is 0 Å². The van der Waals surface area contributed by atoms with Gasteiger partial charge in [-0.2, -0.15) is 0 Å². The van der Waals surface area contributed by atoms with E-state index in [9.17, 15) is 9.59 Å². The standard InChI is InChI=1S/C33H46N6O2/c1-23-19-38(33(4)12-14-36(15-13-33)32(41)30-24(2)34-22-35-25(30)3)16-17-39(23)29(18-26-8-6-5-7-9-26)28-20-37(21-28)31(40)27-10-11-27/h5-9,22-23,27-29H,10-21H2,1-4H3/t23?,29-/m0/s1. The summed E-state index contributed by atoms with van der Waals surface area (Å²) in [6.07, 6.45) is 6.69. The number of carbonyl (C=O) groups excluding carboxylic acids is 2. The first-order valence-corrected chi connectivity index (χ1v) is 15.6. The van der Waals surface area contributed by atoms with Crippen molar-refractivity contribution >= 4 is 11.8 Å². The van der Waals surface area contributed by atoms with Crippen LogP contribution in [0.1, 0.15) is 66.8 Å². The molecule has 1 aromatic heterocycles. The van der Waals surface area contributed by atoms with Crippen molar-refractivity contribution in [3.8, 4) is 0 Å². The molecule has 3 saturated heterocycles. The molecule has 2 aromatic rings. The summed E-state index contributed by atoms with van der Waals surface area (Å²) in [6, 6.07) is 11.8. The third kappa shape index (κ3) is 5.78. The average molecular weight is 559 g/mol. The Hall–Kier alpha value is -2.84. The molecule has 4 fully saturated rings. The highest BCUT2D eigenvalue weighted by Gasteiger charge is 2.46. The molecule has 1 aromatic carbocycles. The van der Waals surface area contributed by atoms with Crippen LogP contribution in [0.25, 0.3) is 0 Å². The number of piperazine rings is 1. The first-order chi connectivity index (χ1) is 19.7. The highest BCUT2D eigenvalue weighted by molar-refractivity contribution is 5.96. The fraction of sp³-hybridized carbons (Fsp3) is 0.636. The number of amides is 2. The first kappa shape index (κ1) is 28.3. The Labute approximate surface area is 245 Å². The maximum absolute atomic E-state index is 13.4. The monoisotopic (exact) mass is 558 g/mol. The van der Waals surface area contributed by atoms with E-state index >= 15 is 0 Å². The maximum atomic E-state index is 13.4. The van der Waals surface area contributed by atoms with Gasteiger partial charge in [0, 0.05) is 75.3 Å². The van der Waals surface area contributed by atoms with Crippen LogP contribution in [0.5, 0.6) is 0 Å². The van der Waals surface area contributed by atoms with Crippen molar-refractivity contribution in [3.63, 3.8) is 0 Å². The molecule has 8 heteroatoms. The number of rotatable bonds is 7. The Bertz CT molecular complexity index is 1230. The van der Waals surface area contributed by atoms with Crippen LogP contribution in [0.3, 0.4) is 0 Å². The molecule has 4 aliphatic rings. The third-order valence-corrected chi connectivity index (χ3v) is 10.4. The second-order valence-electron chi connectivity index (χ2n) is 13.3. The molecule has 8 nitrogen and oxygen atoms in total. The molecular weight excluding hydrogens is 512 g/mol. The van der Waals surface area contributed by atoms with Crippen molar-refractivity contribution in [3.05, 3.63) is 59.2 Å². The van der Waals surface area contributed by atoms with E-state index in [0.717, 1.165) is 89.3 Å². The van der Waals surface area contributed by atoms with E-state index in [1.54, 1.807) is 0 Å². The molecular formula is C33H46N6O2. The number of likely N-dealkylation sites (tertiary alicyclic amines) is 2. The van der Waals surface area contributed by atoms with Crippen LogP contribution in [0, 0.1) is 25.7 Å². The SMILES string of the molecule is Cc1ncnc(C)c1C(=O)N1CCC(C)(N2CCN([C@@H](Cc3ccccc3)C3CN(C(=O)C4CC4)C3)C(C)C2)CC1. The zero-order chi connectivity index (χ0) is 28.7. The Kier molecular flexibility index (Phi) is 7.90. The molecule has 1 aliphatic carbocycles.